The van der Waals surface area contributed by atoms with E-state index in [0.29, 0.717) is 0 Å². The van der Waals surface area contributed by atoms with Crippen LogP contribution in [0, 0.1) is 5.41 Å². The Morgan fingerprint density at radius 3 is 2.66 bits per heavy atom. The van der Waals surface area contributed by atoms with E-state index in [1.54, 1.807) is 0 Å². The molecule has 1 aliphatic heterocycles. The Kier molecular flexibility index (Phi) is 6.50. The fourth-order valence-electron chi connectivity index (χ4n) is 5.03. The Labute approximate surface area is 188 Å². The smallest absolute Gasteiger partial charge is 0.317 e. The molecule has 2 heterocycles. The minimum Gasteiger partial charge on any atom is -0.480 e. The third-order valence-corrected chi connectivity index (χ3v) is 6.79. The minimum atomic E-state index is -0.872. The summed E-state index contributed by atoms with van der Waals surface area (Å²) in [4.78, 5) is 28.0. The maximum Gasteiger partial charge on any atom is 0.317 e. The first-order chi connectivity index (χ1) is 15.4. The molecule has 8 heteroatoms. The summed E-state index contributed by atoms with van der Waals surface area (Å²) < 4.78 is 2.27. The second-order valence-electron chi connectivity index (χ2n) is 9.02. The molecule has 2 aromatic rings. The lowest BCUT2D eigenvalue weighted by Gasteiger charge is -2.28. The monoisotopic (exact) mass is 439 g/mol. The molecule has 4 N–H and O–H groups in total. The van der Waals surface area contributed by atoms with Crippen molar-refractivity contribution < 1.29 is 14.7 Å². The lowest BCUT2D eigenvalue weighted by Crippen LogP contribution is -2.45. The highest BCUT2D eigenvalue weighted by molar-refractivity contribution is 5.98. The number of aliphatic carboxylic acids is 1. The molecule has 8 nitrogen and oxygen atoms in total. The van der Waals surface area contributed by atoms with Crippen molar-refractivity contribution in [2.45, 2.75) is 64.1 Å². The number of aryl methyl sites for hydroxylation is 2. The van der Waals surface area contributed by atoms with Crippen LogP contribution >= 0.6 is 0 Å². The molecule has 0 bridgehead atoms. The van der Waals surface area contributed by atoms with Gasteiger partial charge in [-0.2, -0.15) is 0 Å². The van der Waals surface area contributed by atoms with Gasteiger partial charge in [0.2, 0.25) is 5.91 Å². The van der Waals surface area contributed by atoms with E-state index >= 15 is 0 Å². The van der Waals surface area contributed by atoms with Crippen LogP contribution < -0.4 is 5.73 Å². The fourth-order valence-corrected chi connectivity index (χ4v) is 5.03. The van der Waals surface area contributed by atoms with Gasteiger partial charge in [-0.3, -0.25) is 19.9 Å². The number of aromatic nitrogens is 1. The maximum atomic E-state index is 13.0. The molecule has 1 saturated heterocycles. The van der Waals surface area contributed by atoms with Gasteiger partial charge >= 0.3 is 5.97 Å². The van der Waals surface area contributed by atoms with Crippen molar-refractivity contribution in [1.29, 1.82) is 5.41 Å². The van der Waals surface area contributed by atoms with Crippen molar-refractivity contribution in [3.05, 3.63) is 35.5 Å². The average Bonchev–Trinajstić information content (AvgIpc) is 3.38. The van der Waals surface area contributed by atoms with Crippen LogP contribution in [-0.2, 0) is 22.6 Å². The third-order valence-electron chi connectivity index (χ3n) is 6.79. The molecule has 1 atom stereocenters. The van der Waals surface area contributed by atoms with Gasteiger partial charge in [-0.05, 0) is 63.0 Å². The van der Waals surface area contributed by atoms with E-state index in [9.17, 15) is 14.7 Å². The number of carbonyl (C=O) groups is 2. The Balaban J connectivity index is 1.43. The molecule has 0 spiro atoms. The molecule has 32 heavy (non-hydrogen) atoms. The second-order valence-corrected chi connectivity index (χ2v) is 9.02. The van der Waals surface area contributed by atoms with Crippen molar-refractivity contribution in [3.8, 4) is 0 Å². The highest BCUT2D eigenvalue weighted by atomic mass is 16.4. The van der Waals surface area contributed by atoms with Crippen LogP contribution in [0.1, 0.15) is 50.3 Å². The Bertz CT molecular complexity index is 1030. The van der Waals surface area contributed by atoms with Gasteiger partial charge < -0.3 is 20.3 Å². The predicted molar refractivity (Wildman–Crippen MR) is 124 cm³/mol. The molecule has 1 amide bonds. The lowest BCUT2D eigenvalue weighted by molar-refractivity contribution is -0.140. The molecule has 4 rings (SSSR count). The average molecular weight is 440 g/mol. The van der Waals surface area contributed by atoms with Crippen LogP contribution in [0.2, 0.25) is 0 Å². The largest absolute Gasteiger partial charge is 0.480 e. The number of amidine groups is 1. The number of nitrogens with one attached hydrogen (secondary N) is 1. The van der Waals surface area contributed by atoms with E-state index in [1.165, 1.54) is 5.69 Å². The number of amides is 1. The van der Waals surface area contributed by atoms with E-state index in [-0.39, 0.29) is 36.9 Å². The number of rotatable bonds is 10. The zero-order chi connectivity index (χ0) is 22.8. The first-order valence-corrected chi connectivity index (χ1v) is 11.6. The number of fused-ring (bicyclic) bond motifs is 1. The van der Waals surface area contributed by atoms with Gasteiger partial charge in [0.15, 0.2) is 0 Å². The standard InChI is InChI=1S/C24H33N5O3/c1-2-28-20(12-16-5-6-17(24(25)26)13-21(16)28)10-9-19-4-3-11-29(19)22(30)14-27(15-23(31)32)18-7-8-18/h5-6,12-13,18-19H,2-4,7-11,14-15H2,1H3,(H3,25,26)(H,31,32). The van der Waals surface area contributed by atoms with Gasteiger partial charge in [-0.15, -0.1) is 0 Å². The Morgan fingerprint density at radius 2 is 2.00 bits per heavy atom. The van der Waals surface area contributed by atoms with Gasteiger partial charge in [0.1, 0.15) is 5.84 Å². The van der Waals surface area contributed by atoms with Gasteiger partial charge in [0.05, 0.1) is 13.1 Å². The Hall–Kier alpha value is -2.87. The normalized spacial score (nSPS) is 18.6. The quantitative estimate of drug-likeness (QED) is 0.388. The molecule has 0 radical (unpaired) electrons. The van der Waals surface area contributed by atoms with Crippen molar-refractivity contribution in [2.24, 2.45) is 5.73 Å². The number of nitrogens with two attached hydrogens (primary N) is 1. The van der Waals surface area contributed by atoms with Gasteiger partial charge in [0.25, 0.3) is 0 Å². The van der Waals surface area contributed by atoms with Crippen LogP contribution in [0.15, 0.2) is 24.3 Å². The summed E-state index contributed by atoms with van der Waals surface area (Å²) in [7, 11) is 0. The molecule has 1 aromatic carbocycles. The van der Waals surface area contributed by atoms with Crippen LogP contribution in [0.4, 0.5) is 0 Å². The third kappa shape index (κ3) is 4.80. The molecular formula is C24H33N5O3. The molecule has 1 aliphatic carbocycles. The van der Waals surface area contributed by atoms with E-state index < -0.39 is 5.97 Å². The summed E-state index contributed by atoms with van der Waals surface area (Å²) in [5, 5.41) is 18.0. The zero-order valence-corrected chi connectivity index (χ0v) is 18.7. The summed E-state index contributed by atoms with van der Waals surface area (Å²) in [6, 6.07) is 8.52. The van der Waals surface area contributed by atoms with Crippen LogP contribution in [0.3, 0.4) is 0 Å². The second kappa shape index (κ2) is 9.32. The molecule has 2 aliphatic rings. The summed E-state index contributed by atoms with van der Waals surface area (Å²) >= 11 is 0. The summed E-state index contributed by atoms with van der Waals surface area (Å²) in [6.45, 7) is 3.85. The molecule has 1 unspecified atom stereocenters. The van der Waals surface area contributed by atoms with Crippen LogP contribution in [0.5, 0.6) is 0 Å². The van der Waals surface area contributed by atoms with Crippen molar-refractivity contribution >= 4 is 28.6 Å². The number of carbonyl (C=O) groups excluding carboxylic acids is 1. The van der Waals surface area contributed by atoms with Crippen LogP contribution in [-0.4, -0.2) is 68.9 Å². The first kappa shape index (κ1) is 22.3. The molecule has 2 fully saturated rings. The Morgan fingerprint density at radius 1 is 1.22 bits per heavy atom. The molecular weight excluding hydrogens is 406 g/mol. The van der Waals surface area contributed by atoms with Crippen molar-refractivity contribution in [3.63, 3.8) is 0 Å². The van der Waals surface area contributed by atoms with E-state index in [2.05, 4.69) is 17.6 Å². The highest BCUT2D eigenvalue weighted by Crippen LogP contribution is 2.29. The van der Waals surface area contributed by atoms with Crippen molar-refractivity contribution in [2.75, 3.05) is 19.6 Å². The number of hydrogen-bond donors (Lipinski definition) is 3. The predicted octanol–water partition coefficient (Wildman–Crippen LogP) is 2.42. The lowest BCUT2D eigenvalue weighted by atomic mass is 10.1. The zero-order valence-electron chi connectivity index (χ0n) is 18.7. The number of carboxylic acid groups (broad SMARTS) is 1. The molecule has 172 valence electrons. The number of benzene rings is 1. The maximum absolute atomic E-state index is 13.0. The molecule has 1 aromatic heterocycles. The number of nitrogen functional groups attached to an aromatic ring is 1. The van der Waals surface area contributed by atoms with Crippen LogP contribution in [0.25, 0.3) is 10.9 Å². The van der Waals surface area contributed by atoms with Gasteiger partial charge in [-0.1, -0.05) is 12.1 Å². The summed E-state index contributed by atoms with van der Waals surface area (Å²) in [6.07, 6.45) is 5.72. The topological polar surface area (TPSA) is 116 Å². The van der Waals surface area contributed by atoms with Gasteiger partial charge in [-0.25, -0.2) is 0 Å². The number of nitrogens with zero attached hydrogens (tertiary/aromatic N) is 3. The van der Waals surface area contributed by atoms with E-state index in [4.69, 9.17) is 11.1 Å². The minimum absolute atomic E-state index is 0.0581. The van der Waals surface area contributed by atoms with E-state index in [0.717, 1.165) is 68.1 Å². The van der Waals surface area contributed by atoms with Crippen molar-refractivity contribution in [1.82, 2.24) is 14.4 Å². The van der Waals surface area contributed by atoms with E-state index in [1.807, 2.05) is 28.0 Å². The number of likely N-dealkylation sites (tertiary alicyclic amines) is 1. The fraction of sp³-hybridized carbons (Fsp3) is 0.542. The number of hydrogen-bond acceptors (Lipinski definition) is 4. The summed E-state index contributed by atoms with van der Waals surface area (Å²) in [5.41, 5.74) is 8.72. The molecule has 1 saturated carbocycles. The SMILES string of the molecule is CCn1c(CCC2CCCN2C(=O)CN(CC(=O)O)C2CC2)cc2ccc(C(=N)N)cc21. The number of carboxylic acids is 1. The summed E-state index contributed by atoms with van der Waals surface area (Å²) in [5.74, 6) is -0.744. The van der Waals surface area contributed by atoms with Gasteiger partial charge in [0, 0.05) is 41.9 Å². The first-order valence-electron chi connectivity index (χ1n) is 11.6. The highest BCUT2D eigenvalue weighted by Gasteiger charge is 2.35.